The maximum atomic E-state index is 2.21. The third-order valence-electron chi connectivity index (χ3n) is 3.07. The van der Waals surface area contributed by atoms with Crippen molar-refractivity contribution in [2.75, 3.05) is 0 Å². The van der Waals surface area contributed by atoms with Crippen molar-refractivity contribution in [3.05, 3.63) is 95.7 Å². The molecule has 0 bridgehead atoms. The Kier molecular flexibility index (Phi) is 20.1. The molecule has 0 aliphatic heterocycles. The predicted octanol–water partition coefficient (Wildman–Crippen LogP) is 8.45. The van der Waals surface area contributed by atoms with Crippen LogP contribution in [0.1, 0.15) is 61.3 Å². The highest BCUT2D eigenvalue weighted by Gasteiger charge is 1.92. The van der Waals surface area contributed by atoms with Gasteiger partial charge in [0.15, 0.2) is 0 Å². The van der Waals surface area contributed by atoms with Gasteiger partial charge in [-0.25, -0.2) is 0 Å². The van der Waals surface area contributed by atoms with Crippen LogP contribution in [0.5, 0.6) is 0 Å². The fraction of sp³-hybridized carbons (Fsp3) is 0.360. The van der Waals surface area contributed by atoms with Gasteiger partial charge in [0.2, 0.25) is 0 Å². The van der Waals surface area contributed by atoms with E-state index >= 15 is 0 Å². The first-order chi connectivity index (χ1) is 12.1. The highest BCUT2D eigenvalue weighted by molar-refractivity contribution is 5.36. The van der Waals surface area contributed by atoms with Gasteiger partial charge in [-0.15, -0.1) is 0 Å². The van der Waals surface area contributed by atoms with Crippen molar-refractivity contribution < 1.29 is 0 Å². The molecule has 0 saturated heterocycles. The SMILES string of the molecule is C/C=C\C=C/CC.CC.C\C=C/C(C)=C\C=C\C1=CC=C(C)C=CC1. The molecule has 1 rings (SSSR count). The summed E-state index contributed by atoms with van der Waals surface area (Å²) >= 11 is 0. The van der Waals surface area contributed by atoms with Gasteiger partial charge in [0.05, 0.1) is 0 Å². The van der Waals surface area contributed by atoms with Crippen LogP contribution in [-0.2, 0) is 0 Å². The molecule has 138 valence electrons. The van der Waals surface area contributed by atoms with Gasteiger partial charge in [0, 0.05) is 0 Å². The molecule has 0 nitrogen and oxygen atoms in total. The second-order valence-electron chi connectivity index (χ2n) is 5.39. The van der Waals surface area contributed by atoms with Gasteiger partial charge >= 0.3 is 0 Å². The lowest BCUT2D eigenvalue weighted by Crippen LogP contribution is -1.73. The van der Waals surface area contributed by atoms with E-state index in [1.165, 1.54) is 16.7 Å². The van der Waals surface area contributed by atoms with Crippen LogP contribution < -0.4 is 0 Å². The molecule has 0 fully saturated rings. The summed E-state index contributed by atoms with van der Waals surface area (Å²) in [6.07, 6.45) is 29.7. The summed E-state index contributed by atoms with van der Waals surface area (Å²) in [6.45, 7) is 14.4. The summed E-state index contributed by atoms with van der Waals surface area (Å²) in [6, 6.07) is 0. The Morgan fingerprint density at radius 2 is 1.76 bits per heavy atom. The number of rotatable bonds is 5. The second-order valence-corrected chi connectivity index (χ2v) is 5.39. The molecular weight excluding hydrogens is 300 g/mol. The molecule has 0 aromatic carbocycles. The van der Waals surface area contributed by atoms with E-state index in [-0.39, 0.29) is 0 Å². The molecule has 0 N–H and O–H groups in total. The van der Waals surface area contributed by atoms with Crippen LogP contribution in [0.4, 0.5) is 0 Å². The second kappa shape index (κ2) is 20.0. The zero-order chi connectivity index (χ0) is 19.3. The highest BCUT2D eigenvalue weighted by atomic mass is 14.0. The fourth-order valence-corrected chi connectivity index (χ4v) is 1.83. The van der Waals surface area contributed by atoms with E-state index in [4.69, 9.17) is 0 Å². The molecule has 0 spiro atoms. The predicted molar refractivity (Wildman–Crippen MR) is 119 cm³/mol. The minimum Gasteiger partial charge on any atom is -0.0877 e. The molecule has 1 aliphatic rings. The lowest BCUT2D eigenvalue weighted by atomic mass is 10.1. The van der Waals surface area contributed by atoms with Crippen LogP contribution in [0.2, 0.25) is 0 Å². The summed E-state index contributed by atoms with van der Waals surface area (Å²) in [5.74, 6) is 0. The van der Waals surface area contributed by atoms with E-state index in [0.717, 1.165) is 12.8 Å². The average molecular weight is 339 g/mol. The molecule has 0 radical (unpaired) electrons. The molecule has 25 heavy (non-hydrogen) atoms. The molecule has 0 saturated carbocycles. The summed E-state index contributed by atoms with van der Waals surface area (Å²) < 4.78 is 0. The summed E-state index contributed by atoms with van der Waals surface area (Å²) in [5.41, 5.74) is 3.93. The number of hydrogen-bond donors (Lipinski definition) is 0. The van der Waals surface area contributed by atoms with Crippen molar-refractivity contribution in [2.45, 2.75) is 61.3 Å². The maximum Gasteiger partial charge on any atom is -0.00942 e. The van der Waals surface area contributed by atoms with Crippen molar-refractivity contribution in [3.8, 4) is 0 Å². The molecule has 0 heterocycles. The van der Waals surface area contributed by atoms with E-state index in [1.54, 1.807) is 0 Å². The van der Waals surface area contributed by atoms with E-state index in [2.05, 4.69) is 87.6 Å². The van der Waals surface area contributed by atoms with E-state index in [0.29, 0.717) is 0 Å². The lowest BCUT2D eigenvalue weighted by molar-refractivity contribution is 1.22. The fourth-order valence-electron chi connectivity index (χ4n) is 1.83. The van der Waals surface area contributed by atoms with Crippen molar-refractivity contribution in [1.82, 2.24) is 0 Å². The maximum absolute atomic E-state index is 2.21. The van der Waals surface area contributed by atoms with Gasteiger partial charge in [0.25, 0.3) is 0 Å². The van der Waals surface area contributed by atoms with Crippen LogP contribution >= 0.6 is 0 Å². The minimum absolute atomic E-state index is 1.01. The van der Waals surface area contributed by atoms with Crippen molar-refractivity contribution in [2.24, 2.45) is 0 Å². The van der Waals surface area contributed by atoms with Crippen molar-refractivity contribution in [3.63, 3.8) is 0 Å². The monoisotopic (exact) mass is 338 g/mol. The highest BCUT2D eigenvalue weighted by Crippen LogP contribution is 2.12. The summed E-state index contributed by atoms with van der Waals surface area (Å²) in [5, 5.41) is 0. The topological polar surface area (TPSA) is 0 Å². The van der Waals surface area contributed by atoms with Crippen molar-refractivity contribution >= 4 is 0 Å². The molecule has 0 aromatic rings. The van der Waals surface area contributed by atoms with Crippen LogP contribution in [0.25, 0.3) is 0 Å². The summed E-state index contributed by atoms with van der Waals surface area (Å²) in [4.78, 5) is 0. The molecule has 0 amide bonds. The molecule has 0 atom stereocenters. The Labute approximate surface area is 157 Å². The molecule has 0 unspecified atom stereocenters. The Morgan fingerprint density at radius 3 is 2.36 bits per heavy atom. The third kappa shape index (κ3) is 18.1. The first kappa shape index (κ1) is 25.2. The Hall–Kier alpha value is -2.08. The molecule has 1 aliphatic carbocycles. The van der Waals surface area contributed by atoms with Crippen LogP contribution in [0, 0.1) is 0 Å². The van der Waals surface area contributed by atoms with E-state index < -0.39 is 0 Å². The first-order valence-electron chi connectivity index (χ1n) is 9.43. The van der Waals surface area contributed by atoms with Crippen LogP contribution in [0.3, 0.4) is 0 Å². The Bertz CT molecular complexity index is 541. The Balaban J connectivity index is 0. The zero-order valence-electron chi connectivity index (χ0n) is 17.4. The van der Waals surface area contributed by atoms with Gasteiger partial charge in [-0.05, 0) is 46.1 Å². The Morgan fingerprint density at radius 1 is 1.04 bits per heavy atom. The lowest BCUT2D eigenvalue weighted by Gasteiger charge is -1.93. The smallest absolute Gasteiger partial charge is 0.00942 e. The molecule has 0 heteroatoms. The zero-order valence-corrected chi connectivity index (χ0v) is 17.4. The molecule has 0 aromatic heterocycles. The largest absolute Gasteiger partial charge is 0.0877 e. The van der Waals surface area contributed by atoms with Gasteiger partial charge in [-0.3, -0.25) is 0 Å². The van der Waals surface area contributed by atoms with Crippen molar-refractivity contribution in [1.29, 1.82) is 0 Å². The summed E-state index contributed by atoms with van der Waals surface area (Å²) in [7, 11) is 0. The number of allylic oxidation sites excluding steroid dienone is 16. The standard InChI is InChI=1S/C16H20.C7H12.C2H6/c1-4-7-14(2)8-5-10-16-11-6-9-15(3)12-13-16;1-3-5-7-6-4-2;1-2/h4-10,12-13H,11H2,1-3H3;3,5-7H,4H2,1-2H3;1-2H3/b7-4-,10-5+,14-8-;5-3-,7-6-;. The van der Waals surface area contributed by atoms with Gasteiger partial charge in [0.1, 0.15) is 0 Å². The van der Waals surface area contributed by atoms with Gasteiger partial charge < -0.3 is 0 Å². The van der Waals surface area contributed by atoms with Crippen LogP contribution in [-0.4, -0.2) is 0 Å². The van der Waals surface area contributed by atoms with Crippen LogP contribution in [0.15, 0.2) is 95.7 Å². The third-order valence-corrected chi connectivity index (χ3v) is 3.07. The minimum atomic E-state index is 1.01. The van der Waals surface area contributed by atoms with Gasteiger partial charge in [-0.1, -0.05) is 111 Å². The van der Waals surface area contributed by atoms with E-state index in [1.807, 2.05) is 39.8 Å². The normalized spacial score (nSPS) is 14.9. The van der Waals surface area contributed by atoms with E-state index in [9.17, 15) is 0 Å². The first-order valence-corrected chi connectivity index (χ1v) is 9.43. The average Bonchev–Trinajstić information content (AvgIpc) is 2.82. The quantitative estimate of drug-likeness (QED) is 0.441. The van der Waals surface area contributed by atoms with Gasteiger partial charge in [-0.2, -0.15) is 0 Å². The number of hydrogen-bond acceptors (Lipinski definition) is 0. The molecular formula is C25H38.